The molecule has 4 rings (SSSR count). The minimum Gasteiger partial charge on any atom is -0.350 e. The van der Waals surface area contributed by atoms with Crippen LogP contribution >= 0.6 is 0 Å². The van der Waals surface area contributed by atoms with Crippen molar-refractivity contribution in [3.63, 3.8) is 0 Å². The lowest BCUT2D eigenvalue weighted by molar-refractivity contribution is -0.121. The summed E-state index contributed by atoms with van der Waals surface area (Å²) in [5.41, 5.74) is 2.01. The maximum atomic E-state index is 12.7. The van der Waals surface area contributed by atoms with Crippen LogP contribution in [0, 0.1) is 0 Å². The molecule has 0 saturated carbocycles. The molecule has 0 aliphatic rings. The van der Waals surface area contributed by atoms with Crippen LogP contribution in [0.3, 0.4) is 0 Å². The number of aromatic nitrogens is 2. The highest BCUT2D eigenvalue weighted by Crippen LogP contribution is 2.29. The smallest absolute Gasteiger partial charge is 0.222 e. The molecule has 4 nitrogen and oxygen atoms in total. The normalized spacial score (nSPS) is 12.0. The van der Waals surface area contributed by atoms with Crippen LogP contribution in [0.2, 0.25) is 0 Å². The van der Waals surface area contributed by atoms with Gasteiger partial charge >= 0.3 is 0 Å². The van der Waals surface area contributed by atoms with Gasteiger partial charge in [0.2, 0.25) is 5.91 Å². The van der Waals surface area contributed by atoms with E-state index in [1.807, 2.05) is 54.9 Å². The van der Waals surface area contributed by atoms with Crippen LogP contribution in [0.5, 0.6) is 0 Å². The SMILES string of the molecule is O=C(C[C@@H](c1cccc2ccccc12)n1cccc1)NCc1ccccn1. The van der Waals surface area contributed by atoms with E-state index in [-0.39, 0.29) is 11.9 Å². The van der Waals surface area contributed by atoms with E-state index in [0.29, 0.717) is 13.0 Å². The van der Waals surface area contributed by atoms with Gasteiger partial charge in [0.05, 0.1) is 24.7 Å². The molecular weight excluding hydrogens is 334 g/mol. The minimum absolute atomic E-state index is 0.00675. The number of amides is 1. The summed E-state index contributed by atoms with van der Waals surface area (Å²) in [4.78, 5) is 16.9. The molecule has 0 bridgehead atoms. The fraction of sp³-hybridized carbons (Fsp3) is 0.130. The number of benzene rings is 2. The quantitative estimate of drug-likeness (QED) is 0.559. The second kappa shape index (κ2) is 7.87. The fourth-order valence-electron chi connectivity index (χ4n) is 3.41. The molecule has 0 aliphatic carbocycles. The lowest BCUT2D eigenvalue weighted by atomic mass is 9.96. The Bertz CT molecular complexity index is 1020. The first-order valence-corrected chi connectivity index (χ1v) is 9.08. The molecule has 2 aromatic heterocycles. The summed E-state index contributed by atoms with van der Waals surface area (Å²) in [5.74, 6) is 0.00675. The maximum Gasteiger partial charge on any atom is 0.222 e. The Hall–Kier alpha value is -3.40. The highest BCUT2D eigenvalue weighted by molar-refractivity contribution is 5.87. The highest BCUT2D eigenvalue weighted by Gasteiger charge is 2.19. The van der Waals surface area contributed by atoms with E-state index < -0.39 is 0 Å². The standard InChI is InChI=1S/C23H21N3O/c27-23(25-17-19-10-3-4-13-24-19)16-22(26-14-5-6-15-26)21-12-7-9-18-8-1-2-11-20(18)21/h1-15,22H,16-17H2,(H,25,27)/t22-/m0/s1. The van der Waals surface area contributed by atoms with Crippen molar-refractivity contribution in [2.45, 2.75) is 19.0 Å². The second-order valence-corrected chi connectivity index (χ2v) is 6.52. The van der Waals surface area contributed by atoms with Gasteiger partial charge < -0.3 is 9.88 Å². The van der Waals surface area contributed by atoms with Crippen molar-refractivity contribution < 1.29 is 4.79 Å². The number of fused-ring (bicyclic) bond motifs is 1. The van der Waals surface area contributed by atoms with Crippen molar-refractivity contribution >= 4 is 16.7 Å². The number of hydrogen-bond donors (Lipinski definition) is 1. The monoisotopic (exact) mass is 355 g/mol. The third kappa shape index (κ3) is 3.90. The van der Waals surface area contributed by atoms with Crippen molar-refractivity contribution in [1.29, 1.82) is 0 Å². The molecule has 1 atom stereocenters. The molecule has 4 heteroatoms. The van der Waals surface area contributed by atoms with E-state index in [0.717, 1.165) is 11.3 Å². The summed E-state index contributed by atoms with van der Waals surface area (Å²) >= 11 is 0. The molecule has 0 fully saturated rings. The zero-order valence-corrected chi connectivity index (χ0v) is 15.0. The van der Waals surface area contributed by atoms with Crippen LogP contribution < -0.4 is 5.32 Å². The molecule has 1 N–H and O–H groups in total. The first kappa shape index (κ1) is 17.0. The fourth-order valence-corrected chi connectivity index (χ4v) is 3.41. The zero-order valence-electron chi connectivity index (χ0n) is 15.0. The molecule has 0 aliphatic heterocycles. The molecule has 0 spiro atoms. The predicted octanol–water partition coefficient (Wildman–Crippen LogP) is 4.33. The van der Waals surface area contributed by atoms with Crippen molar-refractivity contribution in [3.05, 3.63) is 103 Å². The van der Waals surface area contributed by atoms with Gasteiger partial charge in [-0.05, 0) is 40.6 Å². The molecule has 4 aromatic rings. The molecule has 0 radical (unpaired) electrons. The van der Waals surface area contributed by atoms with Crippen molar-refractivity contribution in [1.82, 2.24) is 14.9 Å². The number of nitrogens with zero attached hydrogens (tertiary/aromatic N) is 2. The van der Waals surface area contributed by atoms with Crippen LogP contribution in [0.15, 0.2) is 91.4 Å². The molecule has 27 heavy (non-hydrogen) atoms. The summed E-state index contributed by atoms with van der Waals surface area (Å²) in [6, 6.07) is 24.2. The van der Waals surface area contributed by atoms with Crippen LogP contribution in [0.4, 0.5) is 0 Å². The van der Waals surface area contributed by atoms with Gasteiger partial charge in [0.1, 0.15) is 0 Å². The highest BCUT2D eigenvalue weighted by atomic mass is 16.1. The summed E-state index contributed by atoms with van der Waals surface area (Å²) in [6.07, 6.45) is 6.13. The van der Waals surface area contributed by atoms with E-state index in [4.69, 9.17) is 0 Å². The van der Waals surface area contributed by atoms with Gasteiger partial charge in [0.15, 0.2) is 0 Å². The van der Waals surface area contributed by atoms with Crippen LogP contribution in [-0.4, -0.2) is 15.5 Å². The van der Waals surface area contributed by atoms with E-state index in [9.17, 15) is 4.79 Å². The zero-order chi connectivity index (χ0) is 18.5. The lowest BCUT2D eigenvalue weighted by Gasteiger charge is -2.21. The first-order chi connectivity index (χ1) is 13.3. The molecule has 0 saturated heterocycles. The molecule has 2 heterocycles. The number of carbonyl (C=O) groups is 1. The Morgan fingerprint density at radius 1 is 0.926 bits per heavy atom. The number of nitrogens with one attached hydrogen (secondary N) is 1. The van der Waals surface area contributed by atoms with Crippen LogP contribution in [0.1, 0.15) is 23.7 Å². The number of rotatable bonds is 6. The Kier molecular flexibility index (Phi) is 4.97. The Balaban J connectivity index is 1.59. The predicted molar refractivity (Wildman–Crippen MR) is 107 cm³/mol. The second-order valence-electron chi connectivity index (χ2n) is 6.52. The van der Waals surface area contributed by atoms with Crippen molar-refractivity contribution in [2.24, 2.45) is 0 Å². The molecule has 1 amide bonds. The first-order valence-electron chi connectivity index (χ1n) is 9.08. The largest absolute Gasteiger partial charge is 0.350 e. The summed E-state index contributed by atoms with van der Waals surface area (Å²) in [6.45, 7) is 0.438. The summed E-state index contributed by atoms with van der Waals surface area (Å²) in [7, 11) is 0. The average Bonchev–Trinajstić information content (AvgIpc) is 3.25. The van der Waals surface area contributed by atoms with Crippen molar-refractivity contribution in [2.75, 3.05) is 0 Å². The molecule has 2 aromatic carbocycles. The van der Waals surface area contributed by atoms with Crippen molar-refractivity contribution in [3.8, 4) is 0 Å². The van der Waals surface area contributed by atoms with Gasteiger partial charge in [0.25, 0.3) is 0 Å². The van der Waals surface area contributed by atoms with Gasteiger partial charge in [-0.25, -0.2) is 0 Å². The van der Waals surface area contributed by atoms with Gasteiger partial charge in [-0.2, -0.15) is 0 Å². The molecule has 0 unspecified atom stereocenters. The Morgan fingerprint density at radius 2 is 1.70 bits per heavy atom. The maximum absolute atomic E-state index is 12.7. The summed E-state index contributed by atoms with van der Waals surface area (Å²) < 4.78 is 2.10. The van der Waals surface area contributed by atoms with Crippen LogP contribution in [0.25, 0.3) is 10.8 Å². The van der Waals surface area contributed by atoms with E-state index in [1.54, 1.807) is 6.20 Å². The van der Waals surface area contributed by atoms with E-state index >= 15 is 0 Å². The van der Waals surface area contributed by atoms with Gasteiger partial charge in [-0.15, -0.1) is 0 Å². The Labute approximate surface area is 158 Å². The Morgan fingerprint density at radius 3 is 2.52 bits per heavy atom. The van der Waals surface area contributed by atoms with Crippen LogP contribution in [-0.2, 0) is 11.3 Å². The average molecular weight is 355 g/mol. The third-order valence-electron chi connectivity index (χ3n) is 4.74. The van der Waals surface area contributed by atoms with Gasteiger partial charge in [-0.1, -0.05) is 48.5 Å². The summed E-state index contributed by atoms with van der Waals surface area (Å²) in [5, 5.41) is 5.35. The number of pyridine rings is 1. The van der Waals surface area contributed by atoms with Gasteiger partial charge in [0, 0.05) is 18.6 Å². The number of hydrogen-bond acceptors (Lipinski definition) is 2. The third-order valence-corrected chi connectivity index (χ3v) is 4.74. The molecular formula is C23H21N3O. The van der Waals surface area contributed by atoms with E-state index in [2.05, 4.69) is 45.2 Å². The topological polar surface area (TPSA) is 46.9 Å². The molecule has 134 valence electrons. The van der Waals surface area contributed by atoms with Gasteiger partial charge in [-0.3, -0.25) is 9.78 Å². The van der Waals surface area contributed by atoms with E-state index in [1.165, 1.54) is 10.8 Å². The lowest BCUT2D eigenvalue weighted by Crippen LogP contribution is -2.26. The minimum atomic E-state index is -0.0603. The number of carbonyl (C=O) groups excluding carboxylic acids is 1.